The number of nitrogens with one attached hydrogen (secondary N) is 1. The van der Waals surface area contributed by atoms with Gasteiger partial charge in [0.1, 0.15) is 0 Å². The highest BCUT2D eigenvalue weighted by Crippen LogP contribution is 2.37. The van der Waals surface area contributed by atoms with E-state index >= 15 is 0 Å². The Labute approximate surface area is 225 Å². The van der Waals surface area contributed by atoms with Gasteiger partial charge in [-0.3, -0.25) is 14.4 Å². The molecule has 196 valence electrons. The summed E-state index contributed by atoms with van der Waals surface area (Å²) in [7, 11) is 1.60. The van der Waals surface area contributed by atoms with Crippen molar-refractivity contribution in [2.45, 2.75) is 32.2 Å². The zero-order chi connectivity index (χ0) is 26.7. The standard InChI is InChI=1S/C27H29Cl2N3O5/c1-31(14-16-5-3-2-4-6-16)27(37)30-13-18(26(35)36)11-22(33)23-21(28)12-20-19(24(23)29)9-10-32(25(20)34)15-17-7-8-17/h2-6,12,17-18H,7-11,13-15H2,1H3,(H,30,37)(H,35,36). The number of benzene rings is 2. The molecule has 1 fully saturated rings. The van der Waals surface area contributed by atoms with Crippen LogP contribution in [0.4, 0.5) is 4.79 Å². The SMILES string of the molecule is CN(Cc1ccccc1)C(=O)NCC(CC(=O)c1c(Cl)cc2c(c1Cl)CCN(CC1CC1)C2=O)C(=O)O. The number of Topliss-reactive ketones (excluding diaryl/α,β-unsaturated/α-hetero) is 1. The number of rotatable bonds is 10. The van der Waals surface area contributed by atoms with Crippen molar-refractivity contribution < 1.29 is 24.3 Å². The summed E-state index contributed by atoms with van der Waals surface area (Å²) in [5.74, 6) is -2.56. The molecule has 1 heterocycles. The number of carboxylic acid groups (broad SMARTS) is 1. The van der Waals surface area contributed by atoms with Crippen molar-refractivity contribution in [3.05, 3.63) is 68.7 Å². The third-order valence-electron chi connectivity index (χ3n) is 6.81. The number of carbonyl (C=O) groups excluding carboxylic acids is 3. The topological polar surface area (TPSA) is 107 Å². The number of amides is 3. The molecule has 0 saturated heterocycles. The fourth-order valence-electron chi connectivity index (χ4n) is 4.50. The Balaban J connectivity index is 1.42. The smallest absolute Gasteiger partial charge is 0.317 e. The summed E-state index contributed by atoms with van der Waals surface area (Å²) in [5.41, 5.74) is 1.90. The third-order valence-corrected chi connectivity index (χ3v) is 7.53. The lowest BCUT2D eigenvalue weighted by Crippen LogP contribution is -2.41. The molecule has 2 aromatic carbocycles. The summed E-state index contributed by atoms with van der Waals surface area (Å²) in [6.07, 6.45) is 2.34. The number of urea groups is 1. The van der Waals surface area contributed by atoms with Gasteiger partial charge in [-0.15, -0.1) is 0 Å². The minimum Gasteiger partial charge on any atom is -0.481 e. The van der Waals surface area contributed by atoms with Crippen LogP contribution < -0.4 is 5.32 Å². The first-order valence-corrected chi connectivity index (χ1v) is 13.0. The molecule has 2 aliphatic rings. The van der Waals surface area contributed by atoms with Crippen LogP contribution in [-0.2, 0) is 17.8 Å². The van der Waals surface area contributed by atoms with Crippen LogP contribution in [0.3, 0.4) is 0 Å². The van der Waals surface area contributed by atoms with Gasteiger partial charge in [0.25, 0.3) is 5.91 Å². The van der Waals surface area contributed by atoms with Crippen LogP contribution >= 0.6 is 23.2 Å². The van der Waals surface area contributed by atoms with Gasteiger partial charge < -0.3 is 20.2 Å². The van der Waals surface area contributed by atoms with Crippen LogP contribution in [0.5, 0.6) is 0 Å². The van der Waals surface area contributed by atoms with Gasteiger partial charge in [0.15, 0.2) is 5.78 Å². The van der Waals surface area contributed by atoms with E-state index in [4.69, 9.17) is 23.2 Å². The van der Waals surface area contributed by atoms with E-state index < -0.39 is 30.1 Å². The van der Waals surface area contributed by atoms with Gasteiger partial charge >= 0.3 is 12.0 Å². The quantitative estimate of drug-likeness (QED) is 0.427. The summed E-state index contributed by atoms with van der Waals surface area (Å²) in [5, 5.41) is 12.4. The Morgan fingerprint density at radius 2 is 1.89 bits per heavy atom. The number of hydrogen-bond donors (Lipinski definition) is 2. The maximum Gasteiger partial charge on any atom is 0.317 e. The van der Waals surface area contributed by atoms with Crippen LogP contribution in [0.25, 0.3) is 0 Å². The average molecular weight is 546 g/mol. The molecule has 10 heteroatoms. The van der Waals surface area contributed by atoms with Crippen molar-refractivity contribution in [2.75, 3.05) is 26.7 Å². The first-order chi connectivity index (χ1) is 17.7. The van der Waals surface area contributed by atoms with Crippen molar-refractivity contribution in [2.24, 2.45) is 11.8 Å². The largest absolute Gasteiger partial charge is 0.481 e. The number of hydrogen-bond acceptors (Lipinski definition) is 4. The Kier molecular flexibility index (Phi) is 8.39. The molecule has 3 amide bonds. The highest BCUT2D eigenvalue weighted by molar-refractivity contribution is 6.41. The Morgan fingerprint density at radius 3 is 2.54 bits per heavy atom. The lowest BCUT2D eigenvalue weighted by molar-refractivity contribution is -0.141. The van der Waals surface area contributed by atoms with E-state index in [1.165, 1.54) is 11.0 Å². The highest BCUT2D eigenvalue weighted by atomic mass is 35.5. The average Bonchev–Trinajstić information content (AvgIpc) is 3.68. The van der Waals surface area contributed by atoms with Gasteiger partial charge in [-0.2, -0.15) is 0 Å². The minimum absolute atomic E-state index is 0.0179. The van der Waals surface area contributed by atoms with Crippen LogP contribution in [0.15, 0.2) is 36.4 Å². The number of nitrogens with zero attached hydrogens (tertiary/aromatic N) is 2. The molecule has 1 unspecified atom stereocenters. The highest BCUT2D eigenvalue weighted by Gasteiger charge is 2.34. The molecule has 8 nitrogen and oxygen atoms in total. The molecule has 1 aliphatic carbocycles. The summed E-state index contributed by atoms with van der Waals surface area (Å²) in [6, 6.07) is 10.4. The van der Waals surface area contributed by atoms with E-state index in [2.05, 4.69) is 5.32 Å². The minimum atomic E-state index is -1.23. The van der Waals surface area contributed by atoms with Gasteiger partial charge in [0, 0.05) is 45.2 Å². The third kappa shape index (κ3) is 6.43. The molecule has 0 radical (unpaired) electrons. The van der Waals surface area contributed by atoms with Crippen LogP contribution in [0.1, 0.15) is 51.1 Å². The first kappa shape index (κ1) is 26.9. The zero-order valence-electron chi connectivity index (χ0n) is 20.5. The van der Waals surface area contributed by atoms with Gasteiger partial charge in [0.05, 0.1) is 21.5 Å². The number of aliphatic carboxylic acids is 1. The molecule has 2 N–H and O–H groups in total. The molecule has 37 heavy (non-hydrogen) atoms. The summed E-state index contributed by atoms with van der Waals surface area (Å²) < 4.78 is 0. The van der Waals surface area contributed by atoms with Crippen LogP contribution in [0.2, 0.25) is 10.0 Å². The maximum atomic E-state index is 13.2. The maximum absolute atomic E-state index is 13.2. The second kappa shape index (κ2) is 11.5. The number of carboxylic acids is 1. The molecule has 0 spiro atoms. The Morgan fingerprint density at radius 1 is 1.19 bits per heavy atom. The van der Waals surface area contributed by atoms with Crippen LogP contribution in [-0.4, -0.2) is 65.3 Å². The summed E-state index contributed by atoms with van der Waals surface area (Å²) in [6.45, 7) is 1.33. The first-order valence-electron chi connectivity index (χ1n) is 12.2. The Hall–Kier alpha value is -3.10. The summed E-state index contributed by atoms with van der Waals surface area (Å²) >= 11 is 13.0. The zero-order valence-corrected chi connectivity index (χ0v) is 22.0. The van der Waals surface area contributed by atoms with Crippen LogP contribution in [0, 0.1) is 11.8 Å². The van der Waals surface area contributed by atoms with E-state index in [1.807, 2.05) is 30.3 Å². The molecule has 1 atom stereocenters. The van der Waals surface area contributed by atoms with Gasteiger partial charge in [-0.1, -0.05) is 53.5 Å². The number of ketones is 1. The molecule has 1 aliphatic heterocycles. The number of carbonyl (C=O) groups is 4. The van der Waals surface area contributed by atoms with E-state index in [0.29, 0.717) is 43.1 Å². The van der Waals surface area contributed by atoms with Crippen molar-refractivity contribution in [1.82, 2.24) is 15.1 Å². The van der Waals surface area contributed by atoms with Gasteiger partial charge in [0.2, 0.25) is 0 Å². The van der Waals surface area contributed by atoms with Gasteiger partial charge in [-0.25, -0.2) is 4.79 Å². The van der Waals surface area contributed by atoms with Gasteiger partial charge in [-0.05, 0) is 42.4 Å². The van der Waals surface area contributed by atoms with E-state index in [9.17, 15) is 24.3 Å². The molecule has 1 saturated carbocycles. The van der Waals surface area contributed by atoms with E-state index in [1.54, 1.807) is 11.9 Å². The summed E-state index contributed by atoms with van der Waals surface area (Å²) in [4.78, 5) is 53.7. The number of halogens is 2. The van der Waals surface area contributed by atoms with E-state index in [-0.39, 0.29) is 28.1 Å². The lowest BCUT2D eigenvalue weighted by Gasteiger charge is -2.30. The van der Waals surface area contributed by atoms with Crippen molar-refractivity contribution in [1.29, 1.82) is 0 Å². The second-order valence-electron chi connectivity index (χ2n) is 9.71. The predicted octanol–water partition coefficient (Wildman–Crippen LogP) is 4.52. The lowest BCUT2D eigenvalue weighted by atomic mass is 9.92. The molecular formula is C27H29Cl2N3O5. The fourth-order valence-corrected chi connectivity index (χ4v) is 5.26. The second-order valence-corrected chi connectivity index (χ2v) is 10.5. The van der Waals surface area contributed by atoms with Crippen molar-refractivity contribution >= 4 is 46.9 Å². The van der Waals surface area contributed by atoms with Crippen molar-refractivity contribution in [3.63, 3.8) is 0 Å². The molecule has 0 aromatic heterocycles. The molecule has 0 bridgehead atoms. The fraction of sp³-hybridized carbons (Fsp3) is 0.407. The number of fused-ring (bicyclic) bond motifs is 1. The van der Waals surface area contributed by atoms with Crippen molar-refractivity contribution in [3.8, 4) is 0 Å². The molecular weight excluding hydrogens is 517 g/mol. The molecule has 4 rings (SSSR count). The Bertz CT molecular complexity index is 1220. The molecule has 2 aromatic rings. The van der Waals surface area contributed by atoms with E-state index in [0.717, 1.165) is 18.4 Å². The predicted molar refractivity (Wildman–Crippen MR) is 140 cm³/mol. The monoisotopic (exact) mass is 545 g/mol. The normalized spacial score (nSPS) is 15.6.